The maximum Gasteiger partial charge on any atom is 0.306 e. The second-order valence-electron chi connectivity index (χ2n) is 9.91. The number of unbranched alkanes of at least 4 members (excludes halogenated alkanes) is 3. The first-order valence-electron chi connectivity index (χ1n) is 12.3. The smallest absolute Gasteiger partial charge is 0.306 e. The van der Waals surface area contributed by atoms with Gasteiger partial charge in [0.25, 0.3) is 0 Å². The third-order valence-corrected chi connectivity index (χ3v) is 5.87. The highest BCUT2D eigenvalue weighted by Crippen LogP contribution is 2.27. The Labute approximate surface area is 188 Å². The summed E-state index contributed by atoms with van der Waals surface area (Å²) in [6.07, 6.45) is 9.93. The van der Waals surface area contributed by atoms with Gasteiger partial charge < -0.3 is 20.3 Å². The molecule has 0 radical (unpaired) electrons. The Hall–Kier alpha value is -1.79. The Morgan fingerprint density at radius 3 is 2.45 bits per heavy atom. The molecule has 1 saturated heterocycles. The van der Waals surface area contributed by atoms with E-state index in [2.05, 4.69) is 17.6 Å². The van der Waals surface area contributed by atoms with Crippen LogP contribution in [0.5, 0.6) is 0 Å². The van der Waals surface area contributed by atoms with Crippen molar-refractivity contribution in [2.75, 3.05) is 26.2 Å². The molecule has 7 heteroatoms. The summed E-state index contributed by atoms with van der Waals surface area (Å²) in [5.74, 6) is 1.35. The number of hydrogen-bond acceptors (Lipinski definition) is 4. The lowest BCUT2D eigenvalue weighted by atomic mass is 10.1. The summed E-state index contributed by atoms with van der Waals surface area (Å²) in [6.45, 7) is 11.0. The number of nitrogens with one attached hydrogen (secondary N) is 2. The highest BCUT2D eigenvalue weighted by Gasteiger charge is 2.32. The zero-order valence-corrected chi connectivity index (χ0v) is 20.2. The van der Waals surface area contributed by atoms with Crippen LogP contribution < -0.4 is 10.6 Å². The fourth-order valence-electron chi connectivity index (χ4n) is 4.34. The molecule has 0 aromatic carbocycles. The Balaban J connectivity index is 1.63. The summed E-state index contributed by atoms with van der Waals surface area (Å²) < 4.78 is 5.34. The Morgan fingerprint density at radius 1 is 1.06 bits per heavy atom. The first kappa shape index (κ1) is 25.5. The average Bonchev–Trinajstić information content (AvgIpc) is 3.37. The molecule has 1 aliphatic carbocycles. The molecule has 2 aliphatic rings. The van der Waals surface area contributed by atoms with Gasteiger partial charge in [0.05, 0.1) is 0 Å². The zero-order valence-electron chi connectivity index (χ0n) is 20.2. The van der Waals surface area contributed by atoms with Gasteiger partial charge in [0.2, 0.25) is 5.91 Å². The van der Waals surface area contributed by atoms with Gasteiger partial charge in [0, 0.05) is 44.6 Å². The van der Waals surface area contributed by atoms with Crippen LogP contribution in [0, 0.1) is 5.92 Å². The molecule has 2 rings (SSSR count). The third-order valence-electron chi connectivity index (χ3n) is 5.87. The lowest BCUT2D eigenvalue weighted by Crippen LogP contribution is -2.45. The fraction of sp³-hybridized carbons (Fsp3) is 0.875. The number of hydrogen-bond donors (Lipinski definition) is 2. The molecule has 1 atom stereocenters. The molecule has 0 aromatic rings. The van der Waals surface area contributed by atoms with Gasteiger partial charge in [-0.05, 0) is 59.8 Å². The summed E-state index contributed by atoms with van der Waals surface area (Å²) in [5, 5.41) is 6.84. The Kier molecular flexibility index (Phi) is 10.6. The van der Waals surface area contributed by atoms with Crippen molar-refractivity contribution in [3.8, 4) is 0 Å². The largest absolute Gasteiger partial charge is 0.460 e. The van der Waals surface area contributed by atoms with Crippen LogP contribution in [0.2, 0.25) is 0 Å². The first-order valence-corrected chi connectivity index (χ1v) is 12.3. The monoisotopic (exact) mass is 436 g/mol. The van der Waals surface area contributed by atoms with Crippen LogP contribution in [-0.4, -0.2) is 60.6 Å². The van der Waals surface area contributed by atoms with E-state index in [4.69, 9.17) is 9.73 Å². The quantitative estimate of drug-likeness (QED) is 0.236. The molecule has 1 unspecified atom stereocenters. The number of carbonyl (C=O) groups excluding carboxylic acids is 2. The molecule has 7 nitrogen and oxygen atoms in total. The number of carbonyl (C=O) groups is 2. The highest BCUT2D eigenvalue weighted by molar-refractivity contribution is 5.81. The van der Waals surface area contributed by atoms with Crippen molar-refractivity contribution >= 4 is 17.8 Å². The van der Waals surface area contributed by atoms with Gasteiger partial charge in [-0.25, -0.2) is 0 Å². The maximum absolute atomic E-state index is 12.6. The molecular weight excluding hydrogens is 392 g/mol. The van der Waals surface area contributed by atoms with E-state index in [-0.39, 0.29) is 17.9 Å². The molecular formula is C24H44N4O3. The van der Waals surface area contributed by atoms with Gasteiger partial charge in [0.1, 0.15) is 5.60 Å². The second kappa shape index (κ2) is 12.9. The van der Waals surface area contributed by atoms with Crippen molar-refractivity contribution in [1.29, 1.82) is 0 Å². The molecule has 1 amide bonds. The zero-order chi connectivity index (χ0) is 22.7. The van der Waals surface area contributed by atoms with Crippen LogP contribution in [-0.2, 0) is 14.3 Å². The number of likely N-dealkylation sites (tertiary alicyclic amines) is 1. The van der Waals surface area contributed by atoms with Gasteiger partial charge in [0.15, 0.2) is 5.96 Å². The van der Waals surface area contributed by atoms with Gasteiger partial charge in [-0.15, -0.1) is 0 Å². The Bertz CT molecular complexity index is 594. The van der Waals surface area contributed by atoms with E-state index in [0.717, 1.165) is 77.1 Å². The molecule has 1 heterocycles. The third kappa shape index (κ3) is 9.92. The van der Waals surface area contributed by atoms with Crippen LogP contribution in [0.3, 0.4) is 0 Å². The van der Waals surface area contributed by atoms with Gasteiger partial charge >= 0.3 is 5.97 Å². The lowest BCUT2D eigenvalue weighted by Gasteiger charge is -2.21. The van der Waals surface area contributed by atoms with Gasteiger partial charge in [-0.1, -0.05) is 25.7 Å². The number of amides is 1. The van der Waals surface area contributed by atoms with Crippen LogP contribution in [0.15, 0.2) is 4.99 Å². The minimum atomic E-state index is -0.401. The molecule has 0 bridgehead atoms. The number of rotatable bonds is 10. The Morgan fingerprint density at radius 2 is 1.77 bits per heavy atom. The van der Waals surface area contributed by atoms with Crippen molar-refractivity contribution in [2.45, 2.75) is 104 Å². The molecule has 178 valence electrons. The average molecular weight is 437 g/mol. The predicted octanol–water partition coefficient (Wildman–Crippen LogP) is 3.62. The molecule has 2 N–H and O–H groups in total. The molecule has 2 fully saturated rings. The van der Waals surface area contributed by atoms with Crippen LogP contribution in [0.25, 0.3) is 0 Å². The normalized spacial score (nSPS) is 20.2. The molecule has 0 spiro atoms. The maximum atomic E-state index is 12.6. The summed E-state index contributed by atoms with van der Waals surface area (Å²) in [5.41, 5.74) is -0.401. The second-order valence-corrected chi connectivity index (χ2v) is 9.91. The predicted molar refractivity (Wildman–Crippen MR) is 125 cm³/mol. The van der Waals surface area contributed by atoms with Crippen molar-refractivity contribution in [3.63, 3.8) is 0 Å². The van der Waals surface area contributed by atoms with E-state index in [1.165, 1.54) is 12.8 Å². The molecule has 31 heavy (non-hydrogen) atoms. The van der Waals surface area contributed by atoms with Crippen molar-refractivity contribution in [1.82, 2.24) is 15.5 Å². The minimum Gasteiger partial charge on any atom is -0.460 e. The van der Waals surface area contributed by atoms with Gasteiger partial charge in [-0.3, -0.25) is 14.6 Å². The molecule has 1 aliphatic heterocycles. The fourth-order valence-corrected chi connectivity index (χ4v) is 4.34. The molecule has 1 saturated carbocycles. The standard InChI is InChI=1S/C24H44N4O3/c1-5-25-23(26-16-11-7-6-8-14-21(29)31-24(2,3)4)27-20-15-17-28(18-20)22(30)19-12-9-10-13-19/h19-20H,5-18H2,1-4H3,(H2,25,26,27). The van der Waals surface area contributed by atoms with E-state index < -0.39 is 5.60 Å². The van der Waals surface area contributed by atoms with Gasteiger partial charge in [-0.2, -0.15) is 0 Å². The van der Waals surface area contributed by atoms with E-state index in [1.54, 1.807) is 0 Å². The van der Waals surface area contributed by atoms with Crippen molar-refractivity contribution < 1.29 is 14.3 Å². The first-order chi connectivity index (χ1) is 14.8. The van der Waals surface area contributed by atoms with Crippen molar-refractivity contribution in [3.05, 3.63) is 0 Å². The topological polar surface area (TPSA) is 83.0 Å². The van der Waals surface area contributed by atoms with E-state index in [0.29, 0.717) is 12.3 Å². The van der Waals surface area contributed by atoms with Crippen LogP contribution in [0.4, 0.5) is 0 Å². The summed E-state index contributed by atoms with van der Waals surface area (Å²) in [4.78, 5) is 31.1. The number of aliphatic imine (C=N–C) groups is 1. The van der Waals surface area contributed by atoms with E-state index in [1.807, 2.05) is 25.7 Å². The van der Waals surface area contributed by atoms with E-state index in [9.17, 15) is 9.59 Å². The SMILES string of the molecule is CCNC(=NCCCCCCC(=O)OC(C)(C)C)NC1CCN(C(=O)C2CCCC2)C1. The summed E-state index contributed by atoms with van der Waals surface area (Å²) >= 11 is 0. The minimum absolute atomic E-state index is 0.110. The number of ether oxygens (including phenoxy) is 1. The lowest BCUT2D eigenvalue weighted by molar-refractivity contribution is -0.154. The molecule has 0 aromatic heterocycles. The number of esters is 1. The number of nitrogens with zero attached hydrogens (tertiary/aromatic N) is 2. The van der Waals surface area contributed by atoms with Crippen molar-refractivity contribution in [2.24, 2.45) is 10.9 Å². The highest BCUT2D eigenvalue weighted by atomic mass is 16.6. The van der Waals surface area contributed by atoms with E-state index >= 15 is 0 Å². The van der Waals surface area contributed by atoms with Crippen LogP contribution >= 0.6 is 0 Å². The summed E-state index contributed by atoms with van der Waals surface area (Å²) in [7, 11) is 0. The number of guanidine groups is 1. The summed E-state index contributed by atoms with van der Waals surface area (Å²) in [6, 6.07) is 0.275. The van der Waals surface area contributed by atoms with Crippen LogP contribution in [0.1, 0.15) is 91.9 Å².